The number of thioether (sulfide) groups is 1. The Kier molecular flexibility index (Phi) is 4.98. The van der Waals surface area contributed by atoms with Crippen molar-refractivity contribution in [1.29, 1.82) is 0 Å². The number of phenolic OH excluding ortho intramolecular Hbond substituents is 1. The van der Waals surface area contributed by atoms with E-state index in [0.717, 1.165) is 16.6 Å². The number of benzene rings is 1. The van der Waals surface area contributed by atoms with Crippen molar-refractivity contribution in [3.63, 3.8) is 0 Å². The van der Waals surface area contributed by atoms with E-state index in [2.05, 4.69) is 4.98 Å². The Balaban J connectivity index is 2.33. The topological polar surface area (TPSA) is 88.6 Å². The molecule has 3 rings (SSSR count). The molecular formula is C16H13NO5S3. The fraction of sp³-hybridized carbons (Fsp3) is 0.188. The van der Waals surface area contributed by atoms with Crippen LogP contribution in [0.25, 0.3) is 0 Å². The van der Waals surface area contributed by atoms with Gasteiger partial charge in [0.15, 0.2) is 3.95 Å². The number of rotatable bonds is 3. The van der Waals surface area contributed by atoms with Gasteiger partial charge in [-0.3, -0.25) is 0 Å². The maximum atomic E-state index is 12.5. The number of methoxy groups -OCH3 is 2. The number of aromatic hydroxyl groups is 1. The van der Waals surface area contributed by atoms with Gasteiger partial charge in [0.1, 0.15) is 10.7 Å². The maximum absolute atomic E-state index is 12.5. The molecule has 0 saturated carbocycles. The Morgan fingerprint density at radius 2 is 1.88 bits per heavy atom. The molecule has 0 spiro atoms. The molecule has 9 heteroatoms. The summed E-state index contributed by atoms with van der Waals surface area (Å²) in [7, 11) is 2.48. The third-order valence-corrected chi connectivity index (χ3v) is 6.21. The number of phenols is 1. The monoisotopic (exact) mass is 395 g/mol. The quantitative estimate of drug-likeness (QED) is 0.608. The van der Waals surface area contributed by atoms with Crippen molar-refractivity contribution in [1.82, 2.24) is 4.98 Å². The molecule has 25 heavy (non-hydrogen) atoms. The van der Waals surface area contributed by atoms with Gasteiger partial charge >= 0.3 is 11.9 Å². The highest BCUT2D eigenvalue weighted by Crippen LogP contribution is 2.51. The summed E-state index contributed by atoms with van der Waals surface area (Å²) < 4.78 is 10.2. The number of esters is 2. The van der Waals surface area contributed by atoms with Crippen LogP contribution in [-0.2, 0) is 19.1 Å². The highest BCUT2D eigenvalue weighted by Gasteiger charge is 2.40. The summed E-state index contributed by atoms with van der Waals surface area (Å²) in [5.74, 6) is -1.99. The number of ether oxygens (including phenoxy) is 2. The second-order valence-electron chi connectivity index (χ2n) is 5.03. The van der Waals surface area contributed by atoms with Crippen LogP contribution in [0.4, 0.5) is 0 Å². The highest BCUT2D eigenvalue weighted by atomic mass is 32.2. The number of para-hydroxylation sites is 1. The Labute approximate surface area is 156 Å². The first-order chi connectivity index (χ1) is 12.0. The van der Waals surface area contributed by atoms with Crippen LogP contribution in [0.3, 0.4) is 0 Å². The first kappa shape index (κ1) is 17.7. The van der Waals surface area contributed by atoms with Gasteiger partial charge < -0.3 is 19.6 Å². The Bertz CT molecular complexity index is 943. The number of hydrogen-bond acceptors (Lipinski definition) is 8. The molecule has 0 saturated heterocycles. The Morgan fingerprint density at radius 1 is 1.20 bits per heavy atom. The summed E-state index contributed by atoms with van der Waals surface area (Å²) in [6.07, 6.45) is 0. The number of carbonyl (C=O) groups excluding carboxylic acids is 2. The summed E-state index contributed by atoms with van der Waals surface area (Å²) in [5, 5.41) is 11.0. The van der Waals surface area contributed by atoms with Crippen LogP contribution in [-0.4, -0.2) is 36.2 Å². The molecule has 1 aromatic carbocycles. The molecule has 1 aliphatic rings. The molecule has 130 valence electrons. The molecule has 1 aromatic heterocycles. The first-order valence-corrected chi connectivity index (χ1v) is 9.11. The SMILES string of the molecule is COC(=O)C1=C(C(=O)OC)C(c2ccccc2O)c2sc(=S)[nH]c2S1. The number of carbonyl (C=O) groups is 2. The number of aromatic amines is 1. The first-order valence-electron chi connectivity index (χ1n) is 7.07. The van der Waals surface area contributed by atoms with Gasteiger partial charge in [0.2, 0.25) is 0 Å². The van der Waals surface area contributed by atoms with E-state index in [-0.39, 0.29) is 16.2 Å². The van der Waals surface area contributed by atoms with Crippen LogP contribution >= 0.6 is 35.3 Å². The van der Waals surface area contributed by atoms with E-state index >= 15 is 0 Å². The third-order valence-electron chi connectivity index (χ3n) is 3.67. The number of thiazole rings is 1. The standard InChI is InChI=1S/C16H13NO5S3/c1-21-14(19)10-9(7-5-3-4-6-8(7)18)11-13(17-16(23)25-11)24-12(10)15(20)22-2/h3-6,9,18H,1-2H3,(H,17,23). The average Bonchev–Trinajstić information content (AvgIpc) is 2.99. The molecule has 2 heterocycles. The predicted molar refractivity (Wildman–Crippen MR) is 96.4 cm³/mol. The smallest absolute Gasteiger partial charge is 0.345 e. The molecular weight excluding hydrogens is 382 g/mol. The molecule has 0 fully saturated rings. The summed E-state index contributed by atoms with van der Waals surface area (Å²) in [5.41, 5.74) is 0.606. The second kappa shape index (κ2) is 7.03. The van der Waals surface area contributed by atoms with Crippen molar-refractivity contribution >= 4 is 47.3 Å². The van der Waals surface area contributed by atoms with Crippen molar-refractivity contribution in [2.24, 2.45) is 0 Å². The van der Waals surface area contributed by atoms with Gasteiger partial charge in [-0.05, 0) is 18.3 Å². The van der Waals surface area contributed by atoms with Crippen molar-refractivity contribution in [2.45, 2.75) is 10.9 Å². The Hall–Kier alpha value is -2.10. The number of hydrogen-bond donors (Lipinski definition) is 2. The molecule has 6 nitrogen and oxygen atoms in total. The van der Waals surface area contributed by atoms with Crippen LogP contribution in [0, 0.1) is 3.95 Å². The normalized spacial score (nSPS) is 16.3. The third kappa shape index (κ3) is 3.10. The largest absolute Gasteiger partial charge is 0.508 e. The maximum Gasteiger partial charge on any atom is 0.345 e. The molecule has 0 aliphatic carbocycles. The highest BCUT2D eigenvalue weighted by molar-refractivity contribution is 8.04. The fourth-order valence-corrected chi connectivity index (χ4v) is 5.27. The molecule has 2 aromatic rings. The van der Waals surface area contributed by atoms with Gasteiger partial charge in [0.05, 0.1) is 35.6 Å². The van der Waals surface area contributed by atoms with Gasteiger partial charge in [-0.1, -0.05) is 30.0 Å². The molecule has 0 radical (unpaired) electrons. The lowest BCUT2D eigenvalue weighted by Crippen LogP contribution is -2.22. The van der Waals surface area contributed by atoms with Gasteiger partial charge in [-0.15, -0.1) is 11.3 Å². The molecule has 0 amide bonds. The van der Waals surface area contributed by atoms with Crippen molar-refractivity contribution in [2.75, 3.05) is 14.2 Å². The van der Waals surface area contributed by atoms with E-state index in [9.17, 15) is 14.7 Å². The molecule has 2 N–H and O–H groups in total. The summed E-state index contributed by atoms with van der Waals surface area (Å²) in [6, 6.07) is 6.64. The number of aromatic nitrogens is 1. The summed E-state index contributed by atoms with van der Waals surface area (Å²) in [4.78, 5) is 28.6. The lowest BCUT2D eigenvalue weighted by Gasteiger charge is -2.26. The number of H-pyrrole nitrogens is 1. The minimum absolute atomic E-state index is 0.00953. The van der Waals surface area contributed by atoms with E-state index in [4.69, 9.17) is 21.7 Å². The van der Waals surface area contributed by atoms with E-state index in [1.165, 1.54) is 31.6 Å². The fourth-order valence-electron chi connectivity index (χ4n) is 2.60. The molecule has 1 unspecified atom stereocenters. The zero-order valence-corrected chi connectivity index (χ0v) is 15.6. The number of fused-ring (bicyclic) bond motifs is 1. The minimum Gasteiger partial charge on any atom is -0.508 e. The average molecular weight is 395 g/mol. The van der Waals surface area contributed by atoms with Crippen LogP contribution in [0.2, 0.25) is 0 Å². The van der Waals surface area contributed by atoms with Crippen LogP contribution < -0.4 is 0 Å². The second-order valence-corrected chi connectivity index (χ2v) is 7.77. The van der Waals surface area contributed by atoms with Crippen molar-refractivity contribution in [3.8, 4) is 5.75 Å². The molecule has 0 bridgehead atoms. The summed E-state index contributed by atoms with van der Waals surface area (Å²) >= 11 is 7.58. The van der Waals surface area contributed by atoms with E-state index in [1.807, 2.05) is 0 Å². The predicted octanol–water partition coefficient (Wildman–Crippen LogP) is 3.35. The lowest BCUT2D eigenvalue weighted by molar-refractivity contribution is -0.139. The van der Waals surface area contributed by atoms with Crippen LogP contribution in [0.5, 0.6) is 5.75 Å². The van der Waals surface area contributed by atoms with Crippen LogP contribution in [0.15, 0.2) is 39.8 Å². The van der Waals surface area contributed by atoms with E-state index in [0.29, 0.717) is 14.5 Å². The summed E-state index contributed by atoms with van der Waals surface area (Å²) in [6.45, 7) is 0. The van der Waals surface area contributed by atoms with Gasteiger partial charge in [-0.2, -0.15) is 0 Å². The molecule has 1 atom stereocenters. The Morgan fingerprint density at radius 3 is 2.52 bits per heavy atom. The van der Waals surface area contributed by atoms with Gasteiger partial charge in [-0.25, -0.2) is 9.59 Å². The lowest BCUT2D eigenvalue weighted by atomic mass is 9.88. The van der Waals surface area contributed by atoms with Crippen molar-refractivity contribution < 1.29 is 24.2 Å². The minimum atomic E-state index is -0.683. The van der Waals surface area contributed by atoms with Crippen molar-refractivity contribution in [3.05, 3.63) is 49.1 Å². The zero-order valence-electron chi connectivity index (χ0n) is 13.2. The van der Waals surface area contributed by atoms with E-state index in [1.54, 1.807) is 18.2 Å². The van der Waals surface area contributed by atoms with Gasteiger partial charge in [0, 0.05) is 5.56 Å². The molecule has 1 aliphatic heterocycles. The van der Waals surface area contributed by atoms with E-state index < -0.39 is 17.9 Å². The zero-order chi connectivity index (χ0) is 18.1. The van der Waals surface area contributed by atoms with Gasteiger partial charge in [0.25, 0.3) is 0 Å². The van der Waals surface area contributed by atoms with Crippen LogP contribution in [0.1, 0.15) is 16.4 Å². The number of nitrogens with one attached hydrogen (secondary N) is 1.